The molecule has 1 rings (SSSR count). The molecule has 0 aromatic heterocycles. The second kappa shape index (κ2) is 6.18. The van der Waals surface area contributed by atoms with Crippen LogP contribution < -0.4 is 15.4 Å². The Morgan fingerprint density at radius 3 is 2.56 bits per heavy atom. The minimum absolute atomic E-state index is 0.0477. The fourth-order valence-electron chi connectivity index (χ4n) is 1.41. The van der Waals surface area contributed by atoms with E-state index in [9.17, 15) is 13.6 Å². The lowest BCUT2D eigenvalue weighted by atomic mass is 10.2. The van der Waals surface area contributed by atoms with Crippen molar-refractivity contribution in [2.24, 2.45) is 0 Å². The van der Waals surface area contributed by atoms with E-state index in [0.717, 1.165) is 0 Å². The largest absolute Gasteiger partial charge is 0.433 e. The Hall–Kier alpha value is -1.85. The summed E-state index contributed by atoms with van der Waals surface area (Å²) in [4.78, 5) is 11.5. The molecule has 4 nitrogen and oxygen atoms in total. The maximum absolute atomic E-state index is 12.2. The number of nitrogens with one attached hydrogen (secondary N) is 2. The van der Waals surface area contributed by atoms with Gasteiger partial charge in [-0.15, -0.1) is 0 Å². The van der Waals surface area contributed by atoms with Gasteiger partial charge in [-0.25, -0.2) is 4.79 Å². The first-order chi connectivity index (χ1) is 8.40. The molecule has 2 N–H and O–H groups in total. The average Bonchev–Trinajstić information content (AvgIpc) is 2.21. The first-order valence-corrected chi connectivity index (χ1v) is 5.52. The summed E-state index contributed by atoms with van der Waals surface area (Å²) in [6, 6.07) is 4.15. The van der Waals surface area contributed by atoms with Crippen LogP contribution in [0.5, 0.6) is 5.75 Å². The van der Waals surface area contributed by atoms with Crippen LogP contribution in [-0.2, 0) is 0 Å². The summed E-state index contributed by atoms with van der Waals surface area (Å²) in [5.74, 6) is -0.0519. The Morgan fingerprint density at radius 2 is 2.00 bits per heavy atom. The zero-order valence-corrected chi connectivity index (χ0v) is 10.5. The fraction of sp³-hybridized carbons (Fsp3) is 0.417. The van der Waals surface area contributed by atoms with Gasteiger partial charge in [-0.3, -0.25) is 0 Å². The molecule has 0 spiro atoms. The number of ether oxygens (including phenoxy) is 1. The fourth-order valence-corrected chi connectivity index (χ4v) is 1.41. The first-order valence-electron chi connectivity index (χ1n) is 5.52. The Bertz CT molecular complexity index is 423. The van der Waals surface area contributed by atoms with E-state index in [1.54, 1.807) is 32.9 Å². The van der Waals surface area contributed by atoms with Crippen molar-refractivity contribution in [2.75, 3.05) is 5.32 Å². The number of rotatable bonds is 4. The molecular formula is C12H16F2N2O2. The van der Waals surface area contributed by atoms with Crippen LogP contribution in [0.15, 0.2) is 18.2 Å². The number of benzene rings is 1. The molecule has 0 aliphatic heterocycles. The van der Waals surface area contributed by atoms with Gasteiger partial charge in [0.1, 0.15) is 5.75 Å². The lowest BCUT2D eigenvalue weighted by Crippen LogP contribution is -2.34. The molecule has 2 amide bonds. The normalized spacial score (nSPS) is 10.6. The molecule has 0 aliphatic carbocycles. The van der Waals surface area contributed by atoms with Gasteiger partial charge >= 0.3 is 12.6 Å². The molecule has 1 aromatic rings. The van der Waals surface area contributed by atoms with E-state index in [-0.39, 0.29) is 17.5 Å². The summed E-state index contributed by atoms with van der Waals surface area (Å²) in [5, 5.41) is 5.11. The summed E-state index contributed by atoms with van der Waals surface area (Å²) < 4.78 is 28.8. The zero-order valence-electron chi connectivity index (χ0n) is 10.5. The van der Waals surface area contributed by atoms with Crippen molar-refractivity contribution in [3.63, 3.8) is 0 Å². The van der Waals surface area contributed by atoms with Crippen LogP contribution >= 0.6 is 0 Å². The van der Waals surface area contributed by atoms with Crippen molar-refractivity contribution in [1.82, 2.24) is 5.32 Å². The molecule has 1 aromatic carbocycles. The highest BCUT2D eigenvalue weighted by molar-refractivity contribution is 5.92. The van der Waals surface area contributed by atoms with Gasteiger partial charge in [0, 0.05) is 6.04 Å². The number of carbonyl (C=O) groups excluding carboxylic acids is 1. The molecule has 18 heavy (non-hydrogen) atoms. The third-order valence-corrected chi connectivity index (χ3v) is 2.11. The van der Waals surface area contributed by atoms with Gasteiger partial charge in [-0.2, -0.15) is 8.78 Å². The van der Waals surface area contributed by atoms with E-state index in [4.69, 9.17) is 0 Å². The molecule has 100 valence electrons. The molecule has 0 aliphatic rings. The van der Waals surface area contributed by atoms with Crippen molar-refractivity contribution in [1.29, 1.82) is 0 Å². The highest BCUT2D eigenvalue weighted by Crippen LogP contribution is 2.29. The maximum Gasteiger partial charge on any atom is 0.387 e. The number of anilines is 1. The monoisotopic (exact) mass is 258 g/mol. The Kier molecular flexibility index (Phi) is 4.88. The molecular weight excluding hydrogens is 242 g/mol. The number of hydrogen-bond donors (Lipinski definition) is 2. The third kappa shape index (κ3) is 4.20. The number of urea groups is 1. The summed E-state index contributed by atoms with van der Waals surface area (Å²) in [7, 11) is 0. The zero-order chi connectivity index (χ0) is 13.7. The average molecular weight is 258 g/mol. The highest BCUT2D eigenvalue weighted by atomic mass is 19.3. The number of alkyl halides is 2. The van der Waals surface area contributed by atoms with Gasteiger partial charge in [0.2, 0.25) is 0 Å². The lowest BCUT2D eigenvalue weighted by Gasteiger charge is -2.15. The Morgan fingerprint density at radius 1 is 1.33 bits per heavy atom. The summed E-state index contributed by atoms with van der Waals surface area (Å²) in [6.45, 7) is 2.37. The summed E-state index contributed by atoms with van der Waals surface area (Å²) >= 11 is 0. The number of aryl methyl sites for hydroxylation is 1. The summed E-state index contributed by atoms with van der Waals surface area (Å²) in [5.41, 5.74) is 0.892. The van der Waals surface area contributed by atoms with E-state index in [2.05, 4.69) is 15.4 Å². The smallest absolute Gasteiger partial charge is 0.387 e. The lowest BCUT2D eigenvalue weighted by molar-refractivity contribution is -0.0493. The van der Waals surface area contributed by atoms with E-state index >= 15 is 0 Å². The van der Waals surface area contributed by atoms with Crippen molar-refractivity contribution in [3.05, 3.63) is 23.8 Å². The SMILES string of the molecule is Cc1cccc(OC(F)F)c1NC(=O)NC(C)C. The quantitative estimate of drug-likeness (QED) is 0.871. The van der Waals surface area contributed by atoms with Gasteiger partial charge in [0.05, 0.1) is 5.69 Å². The van der Waals surface area contributed by atoms with Gasteiger partial charge < -0.3 is 15.4 Å². The van der Waals surface area contributed by atoms with Gasteiger partial charge in [0.25, 0.3) is 0 Å². The molecule has 0 radical (unpaired) electrons. The van der Waals surface area contributed by atoms with Crippen molar-refractivity contribution >= 4 is 11.7 Å². The van der Waals surface area contributed by atoms with E-state index in [1.165, 1.54) is 6.07 Å². The predicted molar refractivity (Wildman–Crippen MR) is 65.1 cm³/mol. The molecule has 0 saturated heterocycles. The van der Waals surface area contributed by atoms with Gasteiger partial charge in [-0.05, 0) is 32.4 Å². The number of para-hydroxylation sites is 1. The number of halogens is 2. The highest BCUT2D eigenvalue weighted by Gasteiger charge is 2.14. The minimum Gasteiger partial charge on any atom is -0.433 e. The van der Waals surface area contributed by atoms with E-state index < -0.39 is 12.6 Å². The van der Waals surface area contributed by atoms with Crippen LogP contribution in [0.2, 0.25) is 0 Å². The topological polar surface area (TPSA) is 50.4 Å². The van der Waals surface area contributed by atoms with Crippen LogP contribution in [0, 0.1) is 6.92 Å². The molecule has 0 unspecified atom stereocenters. The molecule has 6 heteroatoms. The molecule has 0 fully saturated rings. The summed E-state index contributed by atoms with van der Waals surface area (Å²) in [6.07, 6.45) is 0. The Balaban J connectivity index is 2.88. The number of amides is 2. The predicted octanol–water partition coefficient (Wildman–Crippen LogP) is 3.13. The second-order valence-corrected chi connectivity index (χ2v) is 4.08. The van der Waals surface area contributed by atoms with Crippen LogP contribution in [0.1, 0.15) is 19.4 Å². The number of carbonyl (C=O) groups is 1. The van der Waals surface area contributed by atoms with E-state index in [0.29, 0.717) is 5.56 Å². The number of hydrogen-bond acceptors (Lipinski definition) is 2. The van der Waals surface area contributed by atoms with Crippen LogP contribution in [-0.4, -0.2) is 18.7 Å². The molecule has 0 atom stereocenters. The standard InChI is InChI=1S/C12H16F2N2O2/c1-7(2)15-12(17)16-10-8(3)5-4-6-9(10)18-11(13)14/h4-7,11H,1-3H3,(H2,15,16,17). The molecule has 0 saturated carbocycles. The minimum atomic E-state index is -2.93. The van der Waals surface area contributed by atoms with Crippen LogP contribution in [0.3, 0.4) is 0 Å². The first kappa shape index (κ1) is 14.2. The van der Waals surface area contributed by atoms with Crippen molar-refractivity contribution in [2.45, 2.75) is 33.4 Å². The van der Waals surface area contributed by atoms with E-state index in [1.807, 2.05) is 0 Å². The molecule has 0 bridgehead atoms. The van der Waals surface area contributed by atoms with Gasteiger partial charge in [-0.1, -0.05) is 12.1 Å². The van der Waals surface area contributed by atoms with Crippen LogP contribution in [0.4, 0.5) is 19.3 Å². The van der Waals surface area contributed by atoms with Crippen molar-refractivity contribution < 1.29 is 18.3 Å². The Labute approximate surface area is 104 Å². The maximum atomic E-state index is 12.2. The van der Waals surface area contributed by atoms with Crippen LogP contribution in [0.25, 0.3) is 0 Å². The van der Waals surface area contributed by atoms with Crippen molar-refractivity contribution in [3.8, 4) is 5.75 Å². The molecule has 0 heterocycles. The van der Waals surface area contributed by atoms with Gasteiger partial charge in [0.15, 0.2) is 0 Å². The third-order valence-electron chi connectivity index (χ3n) is 2.11. The second-order valence-electron chi connectivity index (χ2n) is 4.08.